The molecule has 0 radical (unpaired) electrons. The lowest BCUT2D eigenvalue weighted by Crippen LogP contribution is -2.08. The van der Waals surface area contributed by atoms with Crippen LogP contribution in [-0.2, 0) is 6.54 Å². The van der Waals surface area contributed by atoms with Gasteiger partial charge in [0.1, 0.15) is 5.69 Å². The van der Waals surface area contributed by atoms with Crippen LogP contribution in [0.4, 0.5) is 0 Å². The van der Waals surface area contributed by atoms with Crippen molar-refractivity contribution in [2.75, 3.05) is 0 Å². The minimum absolute atomic E-state index is 0.318. The van der Waals surface area contributed by atoms with Gasteiger partial charge in [0.2, 0.25) is 0 Å². The Labute approximate surface area is 107 Å². The third kappa shape index (κ3) is 2.44. The second kappa shape index (κ2) is 4.69. The quantitative estimate of drug-likeness (QED) is 0.881. The molecule has 2 rings (SSSR count). The van der Waals surface area contributed by atoms with E-state index in [2.05, 4.69) is 22.6 Å². The molecule has 0 bridgehead atoms. The summed E-state index contributed by atoms with van der Waals surface area (Å²) in [6.07, 6.45) is 1.78. The molecule has 0 atom stereocenters. The molecule has 1 heterocycles. The van der Waals surface area contributed by atoms with E-state index >= 15 is 0 Å². The van der Waals surface area contributed by atoms with Crippen LogP contribution in [0.1, 0.15) is 16.1 Å². The number of carboxylic acids is 1. The largest absolute Gasteiger partial charge is 0.477 e. The van der Waals surface area contributed by atoms with Crippen LogP contribution in [0.15, 0.2) is 42.6 Å². The topological polar surface area (TPSA) is 42.2 Å². The van der Waals surface area contributed by atoms with Gasteiger partial charge < -0.3 is 9.67 Å². The minimum atomic E-state index is -0.893. The number of aromatic carboxylic acids is 1. The van der Waals surface area contributed by atoms with E-state index in [-0.39, 0.29) is 0 Å². The molecule has 0 saturated carbocycles. The van der Waals surface area contributed by atoms with Crippen LogP contribution in [0.5, 0.6) is 0 Å². The number of benzene rings is 1. The molecule has 16 heavy (non-hydrogen) atoms. The van der Waals surface area contributed by atoms with Gasteiger partial charge in [0.25, 0.3) is 0 Å². The number of aromatic nitrogens is 1. The summed E-state index contributed by atoms with van der Waals surface area (Å²) in [7, 11) is 0. The van der Waals surface area contributed by atoms with Crippen LogP contribution in [0.25, 0.3) is 0 Å². The predicted octanol–water partition coefficient (Wildman–Crippen LogP) is 2.84. The van der Waals surface area contributed by atoms with Crippen molar-refractivity contribution in [1.82, 2.24) is 4.57 Å². The number of hydrogen-bond donors (Lipinski definition) is 1. The molecule has 1 aromatic carbocycles. The highest BCUT2D eigenvalue weighted by atomic mass is 127. The highest BCUT2D eigenvalue weighted by Crippen LogP contribution is 2.10. The molecular formula is C12H10INO2. The zero-order chi connectivity index (χ0) is 11.5. The average Bonchev–Trinajstić information content (AvgIpc) is 2.69. The fourth-order valence-corrected chi connectivity index (χ4v) is 1.89. The number of nitrogens with zero attached hydrogens (tertiary/aromatic N) is 1. The van der Waals surface area contributed by atoms with Gasteiger partial charge in [-0.15, -0.1) is 0 Å². The van der Waals surface area contributed by atoms with E-state index in [1.54, 1.807) is 22.9 Å². The summed E-state index contributed by atoms with van der Waals surface area (Å²) in [5.74, 6) is -0.893. The summed E-state index contributed by atoms with van der Waals surface area (Å²) in [6.45, 7) is 0.589. The Balaban J connectivity index is 2.23. The molecule has 1 N–H and O–H groups in total. The molecule has 1 aromatic heterocycles. The average molecular weight is 327 g/mol. The van der Waals surface area contributed by atoms with Crippen LogP contribution in [0.2, 0.25) is 0 Å². The van der Waals surface area contributed by atoms with Gasteiger partial charge >= 0.3 is 5.97 Å². The highest BCUT2D eigenvalue weighted by molar-refractivity contribution is 14.1. The van der Waals surface area contributed by atoms with E-state index in [0.717, 1.165) is 5.56 Å². The van der Waals surface area contributed by atoms with Gasteiger partial charge in [-0.1, -0.05) is 12.1 Å². The van der Waals surface area contributed by atoms with Crippen molar-refractivity contribution >= 4 is 28.6 Å². The predicted molar refractivity (Wildman–Crippen MR) is 69.7 cm³/mol. The highest BCUT2D eigenvalue weighted by Gasteiger charge is 2.08. The second-order valence-corrected chi connectivity index (χ2v) is 4.70. The van der Waals surface area contributed by atoms with Crippen LogP contribution in [0, 0.1) is 3.57 Å². The molecule has 82 valence electrons. The normalized spacial score (nSPS) is 10.3. The summed E-state index contributed by atoms with van der Waals surface area (Å²) >= 11 is 2.24. The number of halogens is 1. The van der Waals surface area contributed by atoms with Crippen LogP contribution in [-0.4, -0.2) is 15.6 Å². The first-order chi connectivity index (χ1) is 7.66. The summed E-state index contributed by atoms with van der Waals surface area (Å²) in [4.78, 5) is 10.9. The molecule has 3 nitrogen and oxygen atoms in total. The van der Waals surface area contributed by atoms with Crippen molar-refractivity contribution in [3.05, 3.63) is 57.4 Å². The maximum absolute atomic E-state index is 10.9. The van der Waals surface area contributed by atoms with Gasteiger partial charge in [0.15, 0.2) is 0 Å². The maximum Gasteiger partial charge on any atom is 0.352 e. The van der Waals surface area contributed by atoms with E-state index in [4.69, 9.17) is 5.11 Å². The molecule has 4 heteroatoms. The molecule has 0 saturated heterocycles. The number of rotatable bonds is 3. The fraction of sp³-hybridized carbons (Fsp3) is 0.0833. The summed E-state index contributed by atoms with van der Waals surface area (Å²) in [5, 5.41) is 8.95. The first kappa shape index (κ1) is 11.2. The van der Waals surface area contributed by atoms with E-state index in [9.17, 15) is 4.79 Å². The van der Waals surface area contributed by atoms with Crippen molar-refractivity contribution in [3.8, 4) is 0 Å². The van der Waals surface area contributed by atoms with Crippen molar-refractivity contribution in [1.29, 1.82) is 0 Å². The van der Waals surface area contributed by atoms with Gasteiger partial charge in [-0.2, -0.15) is 0 Å². The standard InChI is InChI=1S/C12H10INO2/c13-10-5-3-9(4-6-10)8-14-7-1-2-11(14)12(15)16/h1-7H,8H2,(H,15,16). The number of hydrogen-bond acceptors (Lipinski definition) is 1. The zero-order valence-electron chi connectivity index (χ0n) is 8.43. The molecule has 0 aliphatic rings. The molecule has 0 aliphatic heterocycles. The third-order valence-electron chi connectivity index (χ3n) is 2.31. The van der Waals surface area contributed by atoms with Gasteiger partial charge in [0.05, 0.1) is 0 Å². The van der Waals surface area contributed by atoms with Crippen LogP contribution < -0.4 is 0 Å². The Hall–Kier alpha value is -1.30. The van der Waals surface area contributed by atoms with E-state index < -0.39 is 5.97 Å². The van der Waals surface area contributed by atoms with Crippen molar-refractivity contribution < 1.29 is 9.90 Å². The molecule has 0 fully saturated rings. The molecule has 0 unspecified atom stereocenters. The molecule has 0 amide bonds. The van der Waals surface area contributed by atoms with Crippen molar-refractivity contribution in [3.63, 3.8) is 0 Å². The molecule has 2 aromatic rings. The van der Waals surface area contributed by atoms with Gasteiger partial charge in [0, 0.05) is 16.3 Å². The lowest BCUT2D eigenvalue weighted by molar-refractivity contribution is 0.0685. The van der Waals surface area contributed by atoms with Gasteiger partial charge in [-0.3, -0.25) is 0 Å². The molecule has 0 spiro atoms. The third-order valence-corrected chi connectivity index (χ3v) is 3.03. The SMILES string of the molecule is O=C(O)c1cccn1Cc1ccc(I)cc1. The van der Waals surface area contributed by atoms with E-state index in [0.29, 0.717) is 12.2 Å². The van der Waals surface area contributed by atoms with E-state index in [1.165, 1.54) is 3.57 Å². The monoisotopic (exact) mass is 327 g/mol. The minimum Gasteiger partial charge on any atom is -0.477 e. The van der Waals surface area contributed by atoms with Crippen LogP contribution in [0.3, 0.4) is 0 Å². The van der Waals surface area contributed by atoms with Gasteiger partial charge in [-0.25, -0.2) is 4.79 Å². The Bertz CT molecular complexity index is 502. The summed E-state index contributed by atoms with van der Waals surface area (Å²) in [5.41, 5.74) is 1.41. The maximum atomic E-state index is 10.9. The Kier molecular flexibility index (Phi) is 3.28. The summed E-state index contributed by atoms with van der Waals surface area (Å²) < 4.78 is 2.90. The molecular weight excluding hydrogens is 317 g/mol. The lowest BCUT2D eigenvalue weighted by Gasteiger charge is -2.06. The Morgan fingerprint density at radius 3 is 2.56 bits per heavy atom. The Morgan fingerprint density at radius 2 is 1.94 bits per heavy atom. The van der Waals surface area contributed by atoms with E-state index in [1.807, 2.05) is 24.3 Å². The summed E-state index contributed by atoms with van der Waals surface area (Å²) in [6, 6.07) is 11.4. The Morgan fingerprint density at radius 1 is 1.25 bits per heavy atom. The number of carbonyl (C=O) groups is 1. The number of carboxylic acid groups (broad SMARTS) is 1. The first-order valence-electron chi connectivity index (χ1n) is 4.80. The zero-order valence-corrected chi connectivity index (χ0v) is 10.6. The van der Waals surface area contributed by atoms with Crippen molar-refractivity contribution in [2.24, 2.45) is 0 Å². The van der Waals surface area contributed by atoms with Crippen LogP contribution >= 0.6 is 22.6 Å². The lowest BCUT2D eigenvalue weighted by atomic mass is 10.2. The first-order valence-corrected chi connectivity index (χ1v) is 5.87. The fourth-order valence-electron chi connectivity index (χ4n) is 1.53. The second-order valence-electron chi connectivity index (χ2n) is 3.45. The smallest absolute Gasteiger partial charge is 0.352 e. The van der Waals surface area contributed by atoms with Crippen molar-refractivity contribution in [2.45, 2.75) is 6.54 Å². The van der Waals surface area contributed by atoms with Gasteiger partial charge in [-0.05, 0) is 52.4 Å². The molecule has 0 aliphatic carbocycles.